The SMILES string of the molecule is CCCCOC(=O)[C@H](NC(=O)c1ccccc1C=O)C(C)(C)CCN1CCN(C(=O)OC(C)(C)C)[C@H](C(=O)OC)C1. The van der Waals surface area contributed by atoms with Crippen molar-refractivity contribution in [2.24, 2.45) is 5.41 Å². The number of amides is 2. The van der Waals surface area contributed by atoms with E-state index in [-0.39, 0.29) is 30.8 Å². The van der Waals surface area contributed by atoms with E-state index in [4.69, 9.17) is 14.2 Å². The summed E-state index contributed by atoms with van der Waals surface area (Å²) in [5.74, 6) is -1.64. The maximum absolute atomic E-state index is 13.2. The second kappa shape index (κ2) is 15.0. The van der Waals surface area contributed by atoms with Crippen molar-refractivity contribution in [3.63, 3.8) is 0 Å². The van der Waals surface area contributed by atoms with Gasteiger partial charge in [0.15, 0.2) is 6.29 Å². The van der Waals surface area contributed by atoms with Gasteiger partial charge in [-0.15, -0.1) is 0 Å². The number of benzene rings is 1. The van der Waals surface area contributed by atoms with E-state index >= 15 is 0 Å². The predicted octanol–water partition coefficient (Wildman–Crippen LogP) is 3.45. The molecule has 0 spiro atoms. The molecule has 0 aliphatic carbocycles. The summed E-state index contributed by atoms with van der Waals surface area (Å²) < 4.78 is 16.0. The second-order valence-electron chi connectivity index (χ2n) is 11.9. The first kappa shape index (κ1) is 33.7. The zero-order valence-corrected chi connectivity index (χ0v) is 25.4. The molecule has 0 saturated carbocycles. The molecule has 1 aliphatic rings. The Hall–Kier alpha value is -3.47. The zero-order chi connectivity index (χ0) is 30.8. The molecule has 1 saturated heterocycles. The van der Waals surface area contributed by atoms with E-state index in [1.807, 2.05) is 25.7 Å². The van der Waals surface area contributed by atoms with Crippen LogP contribution in [0.1, 0.15) is 81.5 Å². The van der Waals surface area contributed by atoms with Gasteiger partial charge in [0.2, 0.25) is 0 Å². The summed E-state index contributed by atoms with van der Waals surface area (Å²) in [6.45, 7) is 12.7. The van der Waals surface area contributed by atoms with Crippen LogP contribution in [0.3, 0.4) is 0 Å². The van der Waals surface area contributed by atoms with Gasteiger partial charge in [-0.25, -0.2) is 14.4 Å². The number of hydrogen-bond acceptors (Lipinski definition) is 9. The van der Waals surface area contributed by atoms with Crippen LogP contribution in [0.2, 0.25) is 0 Å². The summed E-state index contributed by atoms with van der Waals surface area (Å²) in [5, 5.41) is 2.81. The van der Waals surface area contributed by atoms with Crippen LogP contribution in [0.4, 0.5) is 4.79 Å². The molecular formula is C30H45N3O8. The van der Waals surface area contributed by atoms with Crippen molar-refractivity contribution in [2.45, 2.75) is 78.5 Å². The Kier molecular flexibility index (Phi) is 12.3. The lowest BCUT2D eigenvalue weighted by molar-refractivity contribution is -0.149. The number of nitrogens with zero attached hydrogens (tertiary/aromatic N) is 2. The van der Waals surface area contributed by atoms with Crippen LogP contribution < -0.4 is 5.32 Å². The molecule has 0 bridgehead atoms. The molecule has 1 N–H and O–H groups in total. The molecule has 1 heterocycles. The molecule has 41 heavy (non-hydrogen) atoms. The fraction of sp³-hybridized carbons (Fsp3) is 0.633. The van der Waals surface area contributed by atoms with E-state index in [1.165, 1.54) is 24.1 Å². The third-order valence-corrected chi connectivity index (χ3v) is 7.01. The summed E-state index contributed by atoms with van der Waals surface area (Å²) in [5.41, 5.74) is -1.09. The molecule has 0 radical (unpaired) electrons. The van der Waals surface area contributed by atoms with Crippen molar-refractivity contribution in [3.8, 4) is 0 Å². The lowest BCUT2D eigenvalue weighted by Crippen LogP contribution is -2.60. The van der Waals surface area contributed by atoms with Crippen molar-refractivity contribution < 1.29 is 38.2 Å². The minimum Gasteiger partial charge on any atom is -0.467 e. The van der Waals surface area contributed by atoms with E-state index < -0.39 is 47.0 Å². The smallest absolute Gasteiger partial charge is 0.411 e. The maximum atomic E-state index is 13.2. The lowest BCUT2D eigenvalue weighted by Gasteiger charge is -2.41. The standard InChI is InChI=1S/C30H45N3O8/c1-8-9-18-40-27(37)24(31-25(35)22-13-11-10-12-21(22)20-34)30(5,6)14-15-32-16-17-33(23(19-32)26(36)39-7)28(38)41-29(2,3)4/h10-13,20,23-24H,8-9,14-19H2,1-7H3,(H,31,35)/t23-,24-/m0/s1. The van der Waals surface area contributed by atoms with Crippen LogP contribution in [-0.4, -0.2) is 97.6 Å². The highest BCUT2D eigenvalue weighted by molar-refractivity contribution is 6.02. The summed E-state index contributed by atoms with van der Waals surface area (Å²) in [6.07, 6.45) is 2.01. The molecule has 2 atom stereocenters. The van der Waals surface area contributed by atoms with Gasteiger partial charge in [0.1, 0.15) is 17.7 Å². The molecule has 11 nitrogen and oxygen atoms in total. The quantitative estimate of drug-likeness (QED) is 0.172. The monoisotopic (exact) mass is 575 g/mol. The van der Waals surface area contributed by atoms with Crippen LogP contribution >= 0.6 is 0 Å². The third-order valence-electron chi connectivity index (χ3n) is 7.01. The number of aldehydes is 1. The molecule has 1 fully saturated rings. The number of hydrogen-bond donors (Lipinski definition) is 1. The van der Waals surface area contributed by atoms with Gasteiger partial charge < -0.3 is 19.5 Å². The van der Waals surface area contributed by atoms with Gasteiger partial charge in [-0.2, -0.15) is 0 Å². The number of carbonyl (C=O) groups excluding carboxylic acids is 5. The van der Waals surface area contributed by atoms with Gasteiger partial charge in [0.05, 0.1) is 13.7 Å². The van der Waals surface area contributed by atoms with E-state index in [1.54, 1.807) is 32.9 Å². The third kappa shape index (κ3) is 9.84. The van der Waals surface area contributed by atoms with Gasteiger partial charge in [-0.3, -0.25) is 19.4 Å². The molecule has 2 rings (SSSR count). The van der Waals surface area contributed by atoms with Crippen molar-refractivity contribution in [1.29, 1.82) is 0 Å². The Labute approximate surface area is 242 Å². The van der Waals surface area contributed by atoms with Crippen molar-refractivity contribution in [1.82, 2.24) is 15.1 Å². The average molecular weight is 576 g/mol. The minimum atomic E-state index is -0.994. The highest BCUT2D eigenvalue weighted by atomic mass is 16.6. The molecule has 0 aromatic heterocycles. The molecule has 228 valence electrons. The summed E-state index contributed by atoms with van der Waals surface area (Å²) in [6, 6.07) is 4.53. The fourth-order valence-corrected chi connectivity index (χ4v) is 4.50. The number of piperazine rings is 1. The Morgan fingerprint density at radius 1 is 1.10 bits per heavy atom. The fourth-order valence-electron chi connectivity index (χ4n) is 4.50. The number of unbranched alkanes of at least 4 members (excludes halogenated alkanes) is 1. The van der Waals surface area contributed by atoms with Crippen LogP contribution in [0.5, 0.6) is 0 Å². The number of carbonyl (C=O) groups is 5. The largest absolute Gasteiger partial charge is 0.467 e. The van der Waals surface area contributed by atoms with E-state index in [0.29, 0.717) is 32.2 Å². The van der Waals surface area contributed by atoms with Gasteiger partial charge in [-0.05, 0) is 51.6 Å². The minimum absolute atomic E-state index is 0.170. The molecule has 1 aromatic rings. The van der Waals surface area contributed by atoms with Crippen LogP contribution in [0, 0.1) is 5.41 Å². The highest BCUT2D eigenvalue weighted by Gasteiger charge is 2.41. The Morgan fingerprint density at radius 3 is 2.39 bits per heavy atom. The van der Waals surface area contributed by atoms with Crippen LogP contribution in [0.25, 0.3) is 0 Å². The topological polar surface area (TPSA) is 132 Å². The normalized spacial score (nSPS) is 16.9. The lowest BCUT2D eigenvalue weighted by atomic mass is 9.80. The van der Waals surface area contributed by atoms with Crippen molar-refractivity contribution >= 4 is 30.2 Å². The summed E-state index contributed by atoms with van der Waals surface area (Å²) in [4.78, 5) is 66.7. The van der Waals surface area contributed by atoms with Crippen LogP contribution in [-0.2, 0) is 23.8 Å². The zero-order valence-electron chi connectivity index (χ0n) is 25.4. The van der Waals surface area contributed by atoms with E-state index in [0.717, 1.165) is 6.42 Å². The molecule has 11 heteroatoms. The van der Waals surface area contributed by atoms with E-state index in [2.05, 4.69) is 5.32 Å². The number of rotatable bonds is 12. The first-order valence-corrected chi connectivity index (χ1v) is 14.1. The number of methoxy groups -OCH3 is 1. The number of nitrogens with one attached hydrogen (secondary N) is 1. The van der Waals surface area contributed by atoms with Gasteiger partial charge in [0, 0.05) is 30.8 Å². The van der Waals surface area contributed by atoms with Gasteiger partial charge in [-0.1, -0.05) is 45.4 Å². The van der Waals surface area contributed by atoms with Crippen molar-refractivity contribution in [3.05, 3.63) is 35.4 Å². The Bertz CT molecular complexity index is 1080. The predicted molar refractivity (Wildman–Crippen MR) is 153 cm³/mol. The maximum Gasteiger partial charge on any atom is 0.411 e. The first-order chi connectivity index (χ1) is 19.2. The number of esters is 2. The highest BCUT2D eigenvalue weighted by Crippen LogP contribution is 2.28. The molecule has 1 aliphatic heterocycles. The molecular weight excluding hydrogens is 530 g/mol. The molecule has 0 unspecified atom stereocenters. The van der Waals surface area contributed by atoms with Crippen molar-refractivity contribution in [2.75, 3.05) is 39.9 Å². The second-order valence-corrected chi connectivity index (χ2v) is 11.9. The Balaban J connectivity index is 2.19. The molecule has 1 aromatic carbocycles. The van der Waals surface area contributed by atoms with Crippen LogP contribution in [0.15, 0.2) is 24.3 Å². The van der Waals surface area contributed by atoms with E-state index in [9.17, 15) is 24.0 Å². The number of ether oxygens (including phenoxy) is 3. The van der Waals surface area contributed by atoms with Gasteiger partial charge >= 0.3 is 18.0 Å². The van der Waals surface area contributed by atoms with Gasteiger partial charge in [0.25, 0.3) is 5.91 Å². The first-order valence-electron chi connectivity index (χ1n) is 14.1. The summed E-state index contributed by atoms with van der Waals surface area (Å²) >= 11 is 0. The summed E-state index contributed by atoms with van der Waals surface area (Å²) in [7, 11) is 1.28. The Morgan fingerprint density at radius 2 is 1.78 bits per heavy atom. The molecule has 2 amide bonds. The average Bonchev–Trinajstić information content (AvgIpc) is 2.93.